The number of pyridine rings is 1. The fraction of sp³-hybridized carbons (Fsp3) is 0.474. The summed E-state index contributed by atoms with van der Waals surface area (Å²) in [6.07, 6.45) is 6.41. The predicted octanol–water partition coefficient (Wildman–Crippen LogP) is 2.21. The molecule has 1 atom stereocenters. The zero-order chi connectivity index (χ0) is 17.2. The molecule has 4 rings (SSSR count). The predicted molar refractivity (Wildman–Crippen MR) is 96.5 cm³/mol. The summed E-state index contributed by atoms with van der Waals surface area (Å²) in [6.45, 7) is 5.76. The summed E-state index contributed by atoms with van der Waals surface area (Å²) in [7, 11) is 0. The summed E-state index contributed by atoms with van der Waals surface area (Å²) >= 11 is 0. The van der Waals surface area contributed by atoms with Gasteiger partial charge in [0, 0.05) is 31.4 Å². The van der Waals surface area contributed by atoms with Crippen LogP contribution in [0.25, 0.3) is 5.52 Å². The van der Waals surface area contributed by atoms with E-state index in [4.69, 9.17) is 10.1 Å². The van der Waals surface area contributed by atoms with Crippen LogP contribution in [0.4, 0.5) is 0 Å². The Kier molecular flexibility index (Phi) is 4.55. The van der Waals surface area contributed by atoms with Crippen LogP contribution in [0.5, 0.6) is 0 Å². The van der Waals surface area contributed by atoms with Gasteiger partial charge in [-0.2, -0.15) is 5.10 Å². The van der Waals surface area contributed by atoms with E-state index in [0.717, 1.165) is 36.8 Å². The summed E-state index contributed by atoms with van der Waals surface area (Å²) in [6, 6.07) is 8.37. The van der Waals surface area contributed by atoms with Gasteiger partial charge in [-0.15, -0.1) is 0 Å². The lowest BCUT2D eigenvalue weighted by molar-refractivity contribution is 0.196. The molecule has 0 bridgehead atoms. The number of fused-ring (bicyclic) bond motifs is 1. The Labute approximate surface area is 147 Å². The highest BCUT2D eigenvalue weighted by molar-refractivity contribution is 5.53. The van der Waals surface area contributed by atoms with Crippen LogP contribution in [0.15, 0.2) is 36.7 Å². The van der Waals surface area contributed by atoms with E-state index in [2.05, 4.69) is 45.7 Å². The summed E-state index contributed by atoms with van der Waals surface area (Å²) in [4.78, 5) is 7.28. The molecule has 1 fully saturated rings. The van der Waals surface area contributed by atoms with Crippen molar-refractivity contribution in [1.82, 2.24) is 24.1 Å². The molecule has 1 N–H and O–H groups in total. The van der Waals surface area contributed by atoms with Gasteiger partial charge >= 0.3 is 0 Å². The van der Waals surface area contributed by atoms with E-state index in [0.29, 0.717) is 12.5 Å². The van der Waals surface area contributed by atoms with Gasteiger partial charge in [-0.1, -0.05) is 6.07 Å². The van der Waals surface area contributed by atoms with Gasteiger partial charge in [-0.05, 0) is 44.5 Å². The second-order valence-electron chi connectivity index (χ2n) is 6.86. The molecule has 0 aromatic carbocycles. The molecule has 1 saturated heterocycles. The van der Waals surface area contributed by atoms with Crippen molar-refractivity contribution in [1.29, 1.82) is 0 Å². The van der Waals surface area contributed by atoms with Crippen LogP contribution in [0, 0.1) is 6.92 Å². The smallest absolute Gasteiger partial charge is 0.110 e. The zero-order valence-corrected chi connectivity index (χ0v) is 14.7. The third-order valence-electron chi connectivity index (χ3n) is 5.09. The van der Waals surface area contributed by atoms with E-state index in [-0.39, 0.29) is 6.61 Å². The normalized spacial score (nSPS) is 18.9. The lowest BCUT2D eigenvalue weighted by Crippen LogP contribution is -2.34. The van der Waals surface area contributed by atoms with Crippen molar-refractivity contribution >= 4 is 5.52 Å². The number of nitrogens with zero attached hydrogens (tertiary/aromatic N) is 5. The van der Waals surface area contributed by atoms with Crippen molar-refractivity contribution in [2.24, 2.45) is 0 Å². The lowest BCUT2D eigenvalue weighted by atomic mass is 9.95. The quantitative estimate of drug-likeness (QED) is 0.774. The molecule has 0 aliphatic carbocycles. The van der Waals surface area contributed by atoms with E-state index in [1.54, 1.807) is 0 Å². The molecule has 0 spiro atoms. The maximum absolute atomic E-state index is 9.06. The number of aliphatic hydroxyl groups is 1. The number of aliphatic hydroxyl groups excluding tert-OH is 1. The molecule has 4 heterocycles. The van der Waals surface area contributed by atoms with Crippen LogP contribution >= 0.6 is 0 Å². The van der Waals surface area contributed by atoms with Gasteiger partial charge in [0.05, 0.1) is 30.1 Å². The first-order valence-corrected chi connectivity index (χ1v) is 9.03. The largest absolute Gasteiger partial charge is 0.394 e. The molecular weight excluding hydrogens is 314 g/mol. The monoisotopic (exact) mass is 339 g/mol. The topological polar surface area (TPSA) is 58.6 Å². The molecule has 3 aromatic heterocycles. The van der Waals surface area contributed by atoms with Crippen LogP contribution in [-0.2, 0) is 13.1 Å². The van der Waals surface area contributed by atoms with Gasteiger partial charge in [0.2, 0.25) is 0 Å². The average molecular weight is 339 g/mol. The summed E-state index contributed by atoms with van der Waals surface area (Å²) in [5.41, 5.74) is 3.50. The van der Waals surface area contributed by atoms with Gasteiger partial charge in [0.15, 0.2) is 0 Å². The minimum absolute atomic E-state index is 0.130. The fourth-order valence-corrected chi connectivity index (χ4v) is 3.86. The maximum atomic E-state index is 9.06. The molecule has 3 aromatic rings. The first kappa shape index (κ1) is 16.3. The Morgan fingerprint density at radius 2 is 2.16 bits per heavy atom. The molecule has 0 radical (unpaired) electrons. The van der Waals surface area contributed by atoms with Crippen molar-refractivity contribution in [2.75, 3.05) is 19.7 Å². The number of piperidine rings is 1. The number of aryl methyl sites for hydroxylation is 1. The van der Waals surface area contributed by atoms with Crippen molar-refractivity contribution in [3.8, 4) is 0 Å². The van der Waals surface area contributed by atoms with Crippen LogP contribution < -0.4 is 0 Å². The standard InChI is InChI=1S/C19H25N5O/c1-15-20-18(19-6-2-3-9-24(15)19)14-22-8-4-5-16(13-22)17-7-10-23(21-17)11-12-25/h2-3,6-7,9-10,16,25H,4-5,8,11-14H2,1H3/t16-/m0/s1. The van der Waals surface area contributed by atoms with Crippen LogP contribution in [0.3, 0.4) is 0 Å². The Hall–Kier alpha value is -2.18. The highest BCUT2D eigenvalue weighted by atomic mass is 16.3. The second kappa shape index (κ2) is 6.98. The minimum atomic E-state index is 0.130. The Bertz CT molecular complexity index is 852. The highest BCUT2D eigenvalue weighted by Gasteiger charge is 2.24. The fourth-order valence-electron chi connectivity index (χ4n) is 3.86. The molecule has 25 heavy (non-hydrogen) atoms. The van der Waals surface area contributed by atoms with Gasteiger partial charge < -0.3 is 9.51 Å². The van der Waals surface area contributed by atoms with E-state index in [1.165, 1.54) is 18.4 Å². The van der Waals surface area contributed by atoms with Crippen molar-refractivity contribution in [3.63, 3.8) is 0 Å². The van der Waals surface area contributed by atoms with E-state index < -0.39 is 0 Å². The molecule has 6 heteroatoms. The number of likely N-dealkylation sites (tertiary alicyclic amines) is 1. The highest BCUT2D eigenvalue weighted by Crippen LogP contribution is 2.27. The first-order valence-electron chi connectivity index (χ1n) is 9.03. The first-order chi connectivity index (χ1) is 12.2. The zero-order valence-electron chi connectivity index (χ0n) is 14.7. The SMILES string of the molecule is Cc1nc(CN2CCC[C@H](c3ccn(CCO)n3)C2)c2ccccn12. The van der Waals surface area contributed by atoms with Gasteiger partial charge in [-0.25, -0.2) is 4.98 Å². The maximum Gasteiger partial charge on any atom is 0.110 e. The molecular formula is C19H25N5O. The second-order valence-corrected chi connectivity index (χ2v) is 6.86. The third kappa shape index (κ3) is 3.32. The van der Waals surface area contributed by atoms with Gasteiger partial charge in [-0.3, -0.25) is 9.58 Å². The molecule has 1 aliphatic rings. The summed E-state index contributed by atoms with van der Waals surface area (Å²) in [5.74, 6) is 1.51. The number of imidazole rings is 1. The molecule has 132 valence electrons. The Morgan fingerprint density at radius 3 is 3.04 bits per heavy atom. The van der Waals surface area contributed by atoms with E-state index >= 15 is 0 Å². The van der Waals surface area contributed by atoms with Crippen molar-refractivity contribution in [3.05, 3.63) is 53.9 Å². The number of aromatic nitrogens is 4. The number of hydrogen-bond donors (Lipinski definition) is 1. The summed E-state index contributed by atoms with van der Waals surface area (Å²) in [5, 5.41) is 13.7. The Morgan fingerprint density at radius 1 is 1.24 bits per heavy atom. The molecule has 0 amide bonds. The lowest BCUT2D eigenvalue weighted by Gasteiger charge is -2.31. The van der Waals surface area contributed by atoms with Crippen LogP contribution in [0.1, 0.15) is 36.0 Å². The van der Waals surface area contributed by atoms with Crippen molar-refractivity contribution < 1.29 is 5.11 Å². The third-order valence-corrected chi connectivity index (χ3v) is 5.09. The van der Waals surface area contributed by atoms with Crippen LogP contribution in [0.2, 0.25) is 0 Å². The molecule has 1 aliphatic heterocycles. The average Bonchev–Trinajstić information content (AvgIpc) is 3.22. The van der Waals surface area contributed by atoms with Gasteiger partial charge in [0.1, 0.15) is 5.82 Å². The Balaban J connectivity index is 1.49. The number of rotatable bonds is 5. The van der Waals surface area contributed by atoms with Gasteiger partial charge in [0.25, 0.3) is 0 Å². The summed E-state index contributed by atoms with van der Waals surface area (Å²) < 4.78 is 3.99. The number of hydrogen-bond acceptors (Lipinski definition) is 4. The van der Waals surface area contributed by atoms with E-state index in [1.807, 2.05) is 16.9 Å². The minimum Gasteiger partial charge on any atom is -0.394 e. The van der Waals surface area contributed by atoms with E-state index in [9.17, 15) is 0 Å². The van der Waals surface area contributed by atoms with Crippen molar-refractivity contribution in [2.45, 2.75) is 38.8 Å². The molecule has 0 saturated carbocycles. The molecule has 0 unspecified atom stereocenters. The van der Waals surface area contributed by atoms with Crippen LogP contribution in [-0.4, -0.2) is 48.9 Å². The molecule has 6 nitrogen and oxygen atoms in total.